The van der Waals surface area contributed by atoms with E-state index < -0.39 is 0 Å². The highest BCUT2D eigenvalue weighted by atomic mass is 32.2. The summed E-state index contributed by atoms with van der Waals surface area (Å²) in [7, 11) is 0. The third kappa shape index (κ3) is 3.75. The van der Waals surface area contributed by atoms with Crippen LogP contribution in [0, 0.1) is 13.8 Å². The molecular weight excluding hydrogens is 228 g/mol. The van der Waals surface area contributed by atoms with E-state index in [4.69, 9.17) is 5.11 Å². The monoisotopic (exact) mass is 252 g/mol. The van der Waals surface area contributed by atoms with Crippen LogP contribution in [0.1, 0.15) is 44.4 Å². The van der Waals surface area contributed by atoms with Gasteiger partial charge in [-0.15, -0.1) is 11.8 Å². The molecule has 0 aromatic heterocycles. The fourth-order valence-electron chi connectivity index (χ4n) is 1.81. The van der Waals surface area contributed by atoms with Crippen LogP contribution in [0.3, 0.4) is 0 Å². The number of aryl methyl sites for hydroxylation is 2. The SMILES string of the molecule is Cc1cc(C(C)(C)C)cc(C)c1SC(C)CO. The first kappa shape index (κ1) is 14.6. The Morgan fingerprint density at radius 2 is 1.65 bits per heavy atom. The van der Waals surface area contributed by atoms with Crippen LogP contribution in [-0.4, -0.2) is 17.0 Å². The maximum Gasteiger partial charge on any atom is 0.0550 e. The Labute approximate surface area is 110 Å². The highest BCUT2D eigenvalue weighted by molar-refractivity contribution is 8.00. The molecule has 0 aliphatic rings. The average Bonchev–Trinajstić information content (AvgIpc) is 2.21. The second kappa shape index (κ2) is 5.45. The zero-order chi connectivity index (χ0) is 13.2. The van der Waals surface area contributed by atoms with Gasteiger partial charge in [0.2, 0.25) is 0 Å². The van der Waals surface area contributed by atoms with Gasteiger partial charge in [-0.1, -0.05) is 39.8 Å². The van der Waals surface area contributed by atoms with Gasteiger partial charge in [0.1, 0.15) is 0 Å². The molecule has 1 unspecified atom stereocenters. The largest absolute Gasteiger partial charge is 0.395 e. The van der Waals surface area contributed by atoms with Gasteiger partial charge in [-0.3, -0.25) is 0 Å². The first-order valence-electron chi connectivity index (χ1n) is 6.15. The molecule has 0 heterocycles. The Hall–Kier alpha value is -0.470. The topological polar surface area (TPSA) is 20.2 Å². The maximum absolute atomic E-state index is 9.14. The molecule has 0 aliphatic heterocycles. The van der Waals surface area contributed by atoms with Crippen LogP contribution in [0.15, 0.2) is 17.0 Å². The van der Waals surface area contributed by atoms with Gasteiger partial charge >= 0.3 is 0 Å². The molecule has 0 saturated heterocycles. The molecule has 17 heavy (non-hydrogen) atoms. The fraction of sp³-hybridized carbons (Fsp3) is 0.600. The number of aliphatic hydroxyl groups excluding tert-OH is 1. The first-order chi connectivity index (χ1) is 7.75. The van der Waals surface area contributed by atoms with Crippen LogP contribution >= 0.6 is 11.8 Å². The van der Waals surface area contributed by atoms with Crippen molar-refractivity contribution in [3.63, 3.8) is 0 Å². The number of benzene rings is 1. The van der Waals surface area contributed by atoms with Gasteiger partial charge < -0.3 is 5.11 Å². The summed E-state index contributed by atoms with van der Waals surface area (Å²) in [5, 5.41) is 9.40. The quantitative estimate of drug-likeness (QED) is 0.818. The van der Waals surface area contributed by atoms with Crippen LogP contribution < -0.4 is 0 Å². The van der Waals surface area contributed by atoms with Gasteiger partial charge in [-0.05, 0) is 36.0 Å². The Balaban J connectivity index is 3.11. The number of hydrogen-bond acceptors (Lipinski definition) is 2. The molecule has 1 N–H and O–H groups in total. The van der Waals surface area contributed by atoms with Gasteiger partial charge in [0.15, 0.2) is 0 Å². The third-order valence-corrected chi connectivity index (χ3v) is 4.33. The lowest BCUT2D eigenvalue weighted by Gasteiger charge is -2.22. The van der Waals surface area contributed by atoms with Crippen molar-refractivity contribution in [1.82, 2.24) is 0 Å². The van der Waals surface area contributed by atoms with E-state index in [2.05, 4.69) is 53.7 Å². The van der Waals surface area contributed by atoms with Crippen molar-refractivity contribution < 1.29 is 5.11 Å². The van der Waals surface area contributed by atoms with E-state index in [0.717, 1.165) is 0 Å². The molecule has 0 bridgehead atoms. The number of hydrogen-bond donors (Lipinski definition) is 1. The third-order valence-electron chi connectivity index (χ3n) is 2.90. The summed E-state index contributed by atoms with van der Waals surface area (Å²) in [6.45, 7) is 13.3. The Morgan fingerprint density at radius 3 is 2.00 bits per heavy atom. The van der Waals surface area contributed by atoms with E-state index in [-0.39, 0.29) is 17.3 Å². The van der Waals surface area contributed by atoms with Crippen molar-refractivity contribution in [3.8, 4) is 0 Å². The first-order valence-corrected chi connectivity index (χ1v) is 7.03. The van der Waals surface area contributed by atoms with Crippen molar-refractivity contribution in [2.24, 2.45) is 0 Å². The van der Waals surface area contributed by atoms with E-state index in [9.17, 15) is 0 Å². The van der Waals surface area contributed by atoms with Crippen molar-refractivity contribution in [3.05, 3.63) is 28.8 Å². The molecule has 0 saturated carbocycles. The molecule has 0 amide bonds. The summed E-state index contributed by atoms with van der Waals surface area (Å²) < 4.78 is 0. The Bertz CT molecular complexity index is 367. The molecule has 0 radical (unpaired) electrons. The zero-order valence-electron chi connectivity index (χ0n) is 11.8. The van der Waals surface area contributed by atoms with Crippen LogP contribution in [-0.2, 0) is 5.41 Å². The standard InChI is InChI=1S/C15H24OS/c1-10-7-13(15(4,5)6)8-11(2)14(10)17-12(3)9-16/h7-8,12,16H,9H2,1-6H3. The van der Waals surface area contributed by atoms with Crippen molar-refractivity contribution in [2.75, 3.05) is 6.61 Å². The van der Waals surface area contributed by atoms with Crippen molar-refractivity contribution in [2.45, 2.75) is 57.1 Å². The lowest BCUT2D eigenvalue weighted by Crippen LogP contribution is -2.12. The summed E-state index contributed by atoms with van der Waals surface area (Å²) >= 11 is 1.77. The predicted octanol–water partition coefficient (Wildman–Crippen LogP) is 4.07. The highest BCUT2D eigenvalue weighted by Crippen LogP contribution is 2.33. The van der Waals surface area contributed by atoms with Crippen LogP contribution in [0.5, 0.6) is 0 Å². The molecule has 1 rings (SSSR count). The molecular formula is C15H24OS. The molecule has 1 atom stereocenters. The second-order valence-electron chi connectivity index (χ2n) is 5.80. The van der Waals surface area contributed by atoms with Crippen molar-refractivity contribution in [1.29, 1.82) is 0 Å². The minimum absolute atomic E-state index is 0.196. The molecule has 2 heteroatoms. The Kier molecular flexibility index (Phi) is 4.68. The lowest BCUT2D eigenvalue weighted by molar-refractivity contribution is 0.300. The normalized spacial score (nSPS) is 13.8. The molecule has 96 valence electrons. The maximum atomic E-state index is 9.14. The lowest BCUT2D eigenvalue weighted by atomic mass is 9.85. The van der Waals surface area contributed by atoms with Gasteiger partial charge in [-0.2, -0.15) is 0 Å². The van der Waals surface area contributed by atoms with E-state index >= 15 is 0 Å². The average molecular weight is 252 g/mol. The summed E-state index contributed by atoms with van der Waals surface area (Å²) in [5.41, 5.74) is 4.22. The van der Waals surface area contributed by atoms with Crippen LogP contribution in [0.2, 0.25) is 0 Å². The minimum atomic E-state index is 0.196. The summed E-state index contributed by atoms with van der Waals surface area (Å²) in [6.07, 6.45) is 0. The minimum Gasteiger partial charge on any atom is -0.395 e. The smallest absolute Gasteiger partial charge is 0.0550 e. The van der Waals surface area contributed by atoms with Crippen LogP contribution in [0.25, 0.3) is 0 Å². The molecule has 1 aromatic rings. The molecule has 0 fully saturated rings. The van der Waals surface area contributed by atoms with Gasteiger partial charge in [0.25, 0.3) is 0 Å². The fourth-order valence-corrected chi connectivity index (χ4v) is 2.77. The zero-order valence-corrected chi connectivity index (χ0v) is 12.6. The van der Waals surface area contributed by atoms with E-state index in [1.54, 1.807) is 11.8 Å². The summed E-state index contributed by atoms with van der Waals surface area (Å²) in [4.78, 5) is 1.32. The molecule has 1 aromatic carbocycles. The van der Waals surface area contributed by atoms with E-state index in [1.165, 1.54) is 21.6 Å². The molecule has 1 nitrogen and oxygen atoms in total. The van der Waals surface area contributed by atoms with E-state index in [1.807, 2.05) is 0 Å². The number of thioether (sulfide) groups is 1. The molecule has 0 aliphatic carbocycles. The van der Waals surface area contributed by atoms with Gasteiger partial charge in [0, 0.05) is 10.1 Å². The van der Waals surface area contributed by atoms with Crippen molar-refractivity contribution >= 4 is 11.8 Å². The second-order valence-corrected chi connectivity index (χ2v) is 7.25. The highest BCUT2D eigenvalue weighted by Gasteiger charge is 2.17. The summed E-state index contributed by atoms with van der Waals surface area (Å²) in [5.74, 6) is 0. The van der Waals surface area contributed by atoms with Gasteiger partial charge in [0.05, 0.1) is 6.61 Å². The number of aliphatic hydroxyl groups is 1. The van der Waals surface area contributed by atoms with Gasteiger partial charge in [-0.25, -0.2) is 0 Å². The summed E-state index contributed by atoms with van der Waals surface area (Å²) in [6, 6.07) is 4.55. The predicted molar refractivity (Wildman–Crippen MR) is 77.0 cm³/mol. The van der Waals surface area contributed by atoms with Crippen LogP contribution in [0.4, 0.5) is 0 Å². The van der Waals surface area contributed by atoms with E-state index in [0.29, 0.717) is 0 Å². The number of rotatable bonds is 3. The Morgan fingerprint density at radius 1 is 1.18 bits per heavy atom. The molecule has 0 spiro atoms.